The van der Waals surface area contributed by atoms with E-state index in [9.17, 15) is 9.59 Å². The van der Waals surface area contributed by atoms with Crippen LogP contribution in [0.4, 0.5) is 17.1 Å². The third kappa shape index (κ3) is 6.38. The monoisotopic (exact) mass is 403 g/mol. The Kier molecular flexibility index (Phi) is 7.05. The van der Waals surface area contributed by atoms with Crippen LogP contribution >= 0.6 is 0 Å². The summed E-state index contributed by atoms with van der Waals surface area (Å²) in [7, 11) is 0. The maximum Gasteiger partial charge on any atom is 0.255 e. The highest BCUT2D eigenvalue weighted by Gasteiger charge is 2.07. The maximum atomic E-state index is 12.3. The molecule has 0 fully saturated rings. The van der Waals surface area contributed by atoms with E-state index in [0.29, 0.717) is 16.9 Å². The van der Waals surface area contributed by atoms with E-state index < -0.39 is 0 Å². The van der Waals surface area contributed by atoms with Crippen molar-refractivity contribution in [2.24, 2.45) is 0 Å². The van der Waals surface area contributed by atoms with E-state index in [0.717, 1.165) is 11.4 Å². The Labute approximate surface area is 176 Å². The summed E-state index contributed by atoms with van der Waals surface area (Å²) in [5.74, 6) is 0.346. The van der Waals surface area contributed by atoms with Gasteiger partial charge in [0.05, 0.1) is 12.6 Å². The second kappa shape index (κ2) is 10.1. The second-order valence-corrected chi connectivity index (χ2v) is 7.00. The number of carbonyl (C=O) groups excluding carboxylic acids is 2. The lowest BCUT2D eigenvalue weighted by Gasteiger charge is -2.12. The molecule has 0 unspecified atom stereocenters. The molecule has 0 saturated carbocycles. The molecule has 0 heterocycles. The fourth-order valence-electron chi connectivity index (χ4n) is 2.81. The molecule has 0 atom stereocenters. The average molecular weight is 403 g/mol. The van der Waals surface area contributed by atoms with Crippen LogP contribution in [0, 0.1) is 0 Å². The molecule has 0 aliphatic rings. The minimum atomic E-state index is -0.204. The van der Waals surface area contributed by atoms with Crippen molar-refractivity contribution in [1.29, 1.82) is 0 Å². The number of hydrogen-bond donors (Lipinski definition) is 3. The van der Waals surface area contributed by atoms with Crippen molar-refractivity contribution < 1.29 is 14.3 Å². The van der Waals surface area contributed by atoms with Crippen molar-refractivity contribution in [2.75, 3.05) is 22.5 Å². The molecule has 3 aromatic rings. The first kappa shape index (κ1) is 20.9. The molecule has 154 valence electrons. The molecular formula is C24H25N3O3. The van der Waals surface area contributed by atoms with E-state index >= 15 is 0 Å². The molecule has 3 N–H and O–H groups in total. The topological polar surface area (TPSA) is 79.5 Å². The van der Waals surface area contributed by atoms with Gasteiger partial charge in [0.1, 0.15) is 5.75 Å². The van der Waals surface area contributed by atoms with E-state index in [1.54, 1.807) is 36.4 Å². The van der Waals surface area contributed by atoms with Gasteiger partial charge in [-0.3, -0.25) is 9.59 Å². The molecule has 0 aliphatic carbocycles. The van der Waals surface area contributed by atoms with Gasteiger partial charge in [0, 0.05) is 28.7 Å². The fourth-order valence-corrected chi connectivity index (χ4v) is 2.81. The molecule has 6 heteroatoms. The van der Waals surface area contributed by atoms with Gasteiger partial charge in [-0.25, -0.2) is 0 Å². The minimum absolute atomic E-state index is 0.0817. The summed E-state index contributed by atoms with van der Waals surface area (Å²) < 4.78 is 5.66. The Morgan fingerprint density at radius 3 is 2.20 bits per heavy atom. The Bertz CT molecular complexity index is 1000. The molecule has 6 nitrogen and oxygen atoms in total. The lowest BCUT2D eigenvalue weighted by Crippen LogP contribution is -2.22. The SMILES string of the molecule is CC(C)Oc1cccc(NCC(=O)Nc2cccc(NC(=O)c3ccccc3)c2)c1. The van der Waals surface area contributed by atoms with Crippen molar-refractivity contribution in [3.63, 3.8) is 0 Å². The number of carbonyl (C=O) groups is 2. The Morgan fingerprint density at radius 1 is 0.800 bits per heavy atom. The zero-order chi connectivity index (χ0) is 21.3. The van der Waals surface area contributed by atoms with Gasteiger partial charge in [-0.1, -0.05) is 30.3 Å². The maximum absolute atomic E-state index is 12.3. The van der Waals surface area contributed by atoms with Crippen LogP contribution in [0.1, 0.15) is 24.2 Å². The Morgan fingerprint density at radius 2 is 1.47 bits per heavy atom. The molecule has 3 aromatic carbocycles. The van der Waals surface area contributed by atoms with Gasteiger partial charge >= 0.3 is 0 Å². The van der Waals surface area contributed by atoms with Gasteiger partial charge in [0.2, 0.25) is 5.91 Å². The first-order valence-electron chi connectivity index (χ1n) is 9.76. The third-order valence-electron chi connectivity index (χ3n) is 4.10. The van der Waals surface area contributed by atoms with E-state index in [1.807, 2.05) is 56.3 Å². The van der Waals surface area contributed by atoms with Crippen LogP contribution in [-0.4, -0.2) is 24.5 Å². The number of nitrogens with one attached hydrogen (secondary N) is 3. The lowest BCUT2D eigenvalue weighted by molar-refractivity contribution is -0.114. The molecule has 0 aromatic heterocycles. The van der Waals surface area contributed by atoms with Gasteiger partial charge in [0.15, 0.2) is 0 Å². The standard InChI is InChI=1S/C24H25N3O3/c1-17(2)30-22-13-7-10-19(15-22)25-16-23(28)26-20-11-6-12-21(14-20)27-24(29)18-8-4-3-5-9-18/h3-15,17,25H,16H2,1-2H3,(H,26,28)(H,27,29). The second-order valence-electron chi connectivity index (χ2n) is 7.00. The molecule has 30 heavy (non-hydrogen) atoms. The van der Waals surface area contributed by atoms with Crippen molar-refractivity contribution in [3.05, 3.63) is 84.4 Å². The first-order chi connectivity index (χ1) is 14.5. The fraction of sp³-hybridized carbons (Fsp3) is 0.167. The highest BCUT2D eigenvalue weighted by atomic mass is 16.5. The number of anilines is 3. The number of ether oxygens (including phenoxy) is 1. The number of hydrogen-bond acceptors (Lipinski definition) is 4. The van der Waals surface area contributed by atoms with Crippen LogP contribution < -0.4 is 20.7 Å². The van der Waals surface area contributed by atoms with Crippen molar-refractivity contribution in [1.82, 2.24) is 0 Å². The normalized spacial score (nSPS) is 10.4. The largest absolute Gasteiger partial charge is 0.491 e. The summed E-state index contributed by atoms with van der Waals surface area (Å²) in [5, 5.41) is 8.74. The lowest BCUT2D eigenvalue weighted by atomic mass is 10.2. The van der Waals surface area contributed by atoms with Crippen LogP contribution in [0.15, 0.2) is 78.9 Å². The number of benzene rings is 3. The van der Waals surface area contributed by atoms with E-state index in [1.165, 1.54) is 0 Å². The summed E-state index contributed by atoms with van der Waals surface area (Å²) in [6.07, 6.45) is 0.0817. The van der Waals surface area contributed by atoms with Crippen LogP contribution in [0.5, 0.6) is 5.75 Å². The van der Waals surface area contributed by atoms with Crippen LogP contribution in [-0.2, 0) is 4.79 Å². The summed E-state index contributed by atoms with van der Waals surface area (Å²) in [4.78, 5) is 24.6. The Hall–Kier alpha value is -3.80. The predicted octanol–water partition coefficient (Wildman–Crippen LogP) is 4.78. The molecule has 2 amide bonds. The zero-order valence-electron chi connectivity index (χ0n) is 17.0. The highest BCUT2D eigenvalue weighted by molar-refractivity contribution is 6.04. The smallest absolute Gasteiger partial charge is 0.255 e. The quantitative estimate of drug-likeness (QED) is 0.506. The van der Waals surface area contributed by atoms with Crippen LogP contribution in [0.2, 0.25) is 0 Å². The molecule has 0 saturated heterocycles. The molecule has 0 aliphatic heterocycles. The highest BCUT2D eigenvalue weighted by Crippen LogP contribution is 2.19. The van der Waals surface area contributed by atoms with E-state index in [4.69, 9.17) is 4.74 Å². The zero-order valence-corrected chi connectivity index (χ0v) is 17.0. The van der Waals surface area contributed by atoms with Gasteiger partial charge in [-0.2, -0.15) is 0 Å². The molecule has 3 rings (SSSR count). The van der Waals surface area contributed by atoms with Gasteiger partial charge < -0.3 is 20.7 Å². The number of amides is 2. The molecule has 0 radical (unpaired) electrons. The van der Waals surface area contributed by atoms with Crippen LogP contribution in [0.25, 0.3) is 0 Å². The predicted molar refractivity (Wildman–Crippen MR) is 120 cm³/mol. The van der Waals surface area contributed by atoms with Crippen molar-refractivity contribution in [2.45, 2.75) is 20.0 Å². The van der Waals surface area contributed by atoms with E-state index in [-0.39, 0.29) is 24.5 Å². The number of rotatable bonds is 8. The first-order valence-corrected chi connectivity index (χ1v) is 9.76. The van der Waals surface area contributed by atoms with Crippen molar-refractivity contribution >= 4 is 28.9 Å². The van der Waals surface area contributed by atoms with Crippen molar-refractivity contribution in [3.8, 4) is 5.75 Å². The summed E-state index contributed by atoms with van der Waals surface area (Å²) in [6, 6.07) is 23.5. The van der Waals surface area contributed by atoms with E-state index in [2.05, 4.69) is 16.0 Å². The van der Waals surface area contributed by atoms with Gasteiger partial charge in [0.25, 0.3) is 5.91 Å². The average Bonchev–Trinajstić information content (AvgIpc) is 2.73. The van der Waals surface area contributed by atoms with Crippen LogP contribution in [0.3, 0.4) is 0 Å². The molecule has 0 bridgehead atoms. The Balaban J connectivity index is 1.54. The summed E-state index contributed by atoms with van der Waals surface area (Å²) in [5.41, 5.74) is 2.57. The van der Waals surface area contributed by atoms with Gasteiger partial charge in [-0.05, 0) is 56.3 Å². The summed E-state index contributed by atoms with van der Waals surface area (Å²) >= 11 is 0. The van der Waals surface area contributed by atoms with Gasteiger partial charge in [-0.15, -0.1) is 0 Å². The molecule has 0 spiro atoms. The summed E-state index contributed by atoms with van der Waals surface area (Å²) in [6.45, 7) is 4.03. The minimum Gasteiger partial charge on any atom is -0.491 e. The molecular weight excluding hydrogens is 378 g/mol. The third-order valence-corrected chi connectivity index (χ3v) is 4.10.